The topological polar surface area (TPSA) is 81.9 Å². The molecule has 0 radical (unpaired) electrons. The third kappa shape index (κ3) is 5.64. The van der Waals surface area contributed by atoms with Gasteiger partial charge in [0.1, 0.15) is 6.61 Å². The van der Waals surface area contributed by atoms with E-state index in [0.717, 1.165) is 36.1 Å². The number of amides is 1. The van der Waals surface area contributed by atoms with Gasteiger partial charge in [-0.15, -0.1) is 10.2 Å². The summed E-state index contributed by atoms with van der Waals surface area (Å²) in [7, 11) is 0. The number of hydrogen-bond acceptors (Lipinski definition) is 5. The molecule has 1 amide bonds. The first kappa shape index (κ1) is 18.6. The Kier molecular flexibility index (Phi) is 6.51. The molecule has 0 bridgehead atoms. The van der Waals surface area contributed by atoms with Gasteiger partial charge in [-0.2, -0.15) is 4.80 Å². The summed E-state index contributed by atoms with van der Waals surface area (Å²) in [5.41, 5.74) is 3.01. The summed E-state index contributed by atoms with van der Waals surface area (Å²) in [5, 5.41) is 15.2. The van der Waals surface area contributed by atoms with Crippen molar-refractivity contribution in [2.24, 2.45) is 0 Å². The predicted octanol–water partition coefficient (Wildman–Crippen LogP) is 3.22. The van der Waals surface area contributed by atoms with Crippen LogP contribution in [0.15, 0.2) is 54.6 Å². The number of alkyl carbamates (subject to hydrolysis) is 1. The number of carbonyl (C=O) groups is 1. The van der Waals surface area contributed by atoms with E-state index in [1.165, 1.54) is 0 Å². The molecule has 0 aliphatic heterocycles. The summed E-state index contributed by atoms with van der Waals surface area (Å²) in [4.78, 5) is 13.3. The lowest BCUT2D eigenvalue weighted by Crippen LogP contribution is -2.26. The molecule has 3 aromatic rings. The zero-order valence-electron chi connectivity index (χ0n) is 15.3. The fraction of sp³-hybridized carbons (Fsp3) is 0.300. The van der Waals surface area contributed by atoms with Crippen molar-refractivity contribution < 1.29 is 9.53 Å². The van der Waals surface area contributed by atoms with Crippen LogP contribution in [0.1, 0.15) is 24.5 Å². The van der Waals surface area contributed by atoms with Crippen molar-refractivity contribution in [1.82, 2.24) is 25.5 Å². The Hall–Kier alpha value is -3.22. The Bertz CT molecular complexity index is 846. The molecule has 3 rings (SSSR count). The molecule has 0 aliphatic carbocycles. The fourth-order valence-electron chi connectivity index (χ4n) is 2.56. The van der Waals surface area contributed by atoms with E-state index in [0.29, 0.717) is 12.4 Å². The van der Waals surface area contributed by atoms with Crippen molar-refractivity contribution in [2.45, 2.75) is 32.9 Å². The minimum absolute atomic E-state index is 0.271. The van der Waals surface area contributed by atoms with Crippen LogP contribution >= 0.6 is 0 Å². The van der Waals surface area contributed by atoms with Crippen LogP contribution in [0.5, 0.6) is 0 Å². The van der Waals surface area contributed by atoms with Crippen molar-refractivity contribution in [3.05, 3.63) is 65.7 Å². The summed E-state index contributed by atoms with van der Waals surface area (Å²) >= 11 is 0. The van der Waals surface area contributed by atoms with Gasteiger partial charge in [-0.3, -0.25) is 0 Å². The van der Waals surface area contributed by atoms with E-state index in [4.69, 9.17) is 4.74 Å². The highest BCUT2D eigenvalue weighted by Crippen LogP contribution is 2.14. The standard InChI is InChI=1S/C20H23N5O2/c1-2-14-25-23-19(22-24-25)18-10-8-16(9-11-18)12-13-21-20(26)27-15-17-6-4-3-5-7-17/h3-11H,2,12-15H2,1H3,(H,21,26). The van der Waals surface area contributed by atoms with E-state index in [1.54, 1.807) is 4.80 Å². The summed E-state index contributed by atoms with van der Waals surface area (Å²) in [6.07, 6.45) is 1.28. The lowest BCUT2D eigenvalue weighted by molar-refractivity contribution is 0.140. The van der Waals surface area contributed by atoms with Crippen molar-refractivity contribution in [3.8, 4) is 11.4 Å². The van der Waals surface area contributed by atoms with Gasteiger partial charge < -0.3 is 10.1 Å². The smallest absolute Gasteiger partial charge is 0.407 e. The third-order valence-electron chi connectivity index (χ3n) is 3.98. The molecule has 1 N–H and O–H groups in total. The maximum absolute atomic E-state index is 11.7. The molecule has 0 saturated carbocycles. The van der Waals surface area contributed by atoms with E-state index in [9.17, 15) is 4.79 Å². The van der Waals surface area contributed by atoms with E-state index in [1.807, 2.05) is 54.6 Å². The molecule has 7 heteroatoms. The average molecular weight is 365 g/mol. The number of carbonyl (C=O) groups excluding carboxylic acids is 1. The van der Waals surface area contributed by atoms with Crippen LogP contribution in [-0.4, -0.2) is 32.8 Å². The van der Waals surface area contributed by atoms with Crippen molar-refractivity contribution in [1.29, 1.82) is 0 Å². The molecular formula is C20H23N5O2. The summed E-state index contributed by atoms with van der Waals surface area (Å²) in [5.74, 6) is 0.623. The van der Waals surface area contributed by atoms with Crippen LogP contribution in [0.25, 0.3) is 11.4 Å². The van der Waals surface area contributed by atoms with E-state index in [2.05, 4.69) is 27.7 Å². The highest BCUT2D eigenvalue weighted by Gasteiger charge is 2.06. The maximum atomic E-state index is 11.7. The molecule has 27 heavy (non-hydrogen) atoms. The van der Waals surface area contributed by atoms with Gasteiger partial charge in [-0.05, 0) is 29.2 Å². The molecule has 7 nitrogen and oxygen atoms in total. The first-order valence-electron chi connectivity index (χ1n) is 9.06. The number of ether oxygens (including phenoxy) is 1. The minimum Gasteiger partial charge on any atom is -0.445 e. The second-order valence-electron chi connectivity index (χ2n) is 6.14. The molecular weight excluding hydrogens is 342 g/mol. The van der Waals surface area contributed by atoms with Gasteiger partial charge in [0.2, 0.25) is 5.82 Å². The highest BCUT2D eigenvalue weighted by molar-refractivity contribution is 5.67. The molecule has 0 fully saturated rings. The molecule has 0 unspecified atom stereocenters. The van der Waals surface area contributed by atoms with Crippen LogP contribution < -0.4 is 5.32 Å². The van der Waals surface area contributed by atoms with Crippen LogP contribution in [0.3, 0.4) is 0 Å². The number of nitrogens with one attached hydrogen (secondary N) is 1. The second-order valence-corrected chi connectivity index (χ2v) is 6.14. The van der Waals surface area contributed by atoms with Crippen LogP contribution in [0.4, 0.5) is 4.79 Å². The minimum atomic E-state index is -0.410. The fourth-order valence-corrected chi connectivity index (χ4v) is 2.56. The predicted molar refractivity (Wildman–Crippen MR) is 102 cm³/mol. The molecule has 0 aliphatic rings. The van der Waals surface area contributed by atoms with Crippen molar-refractivity contribution >= 4 is 6.09 Å². The number of nitrogens with zero attached hydrogens (tertiary/aromatic N) is 4. The van der Waals surface area contributed by atoms with Crippen molar-refractivity contribution in [3.63, 3.8) is 0 Å². The second kappa shape index (κ2) is 9.47. The molecule has 0 saturated heterocycles. The lowest BCUT2D eigenvalue weighted by atomic mass is 10.1. The Morgan fingerprint density at radius 1 is 1.07 bits per heavy atom. The van der Waals surface area contributed by atoms with Gasteiger partial charge in [0.15, 0.2) is 0 Å². The highest BCUT2D eigenvalue weighted by atomic mass is 16.5. The Morgan fingerprint density at radius 2 is 1.85 bits per heavy atom. The zero-order valence-corrected chi connectivity index (χ0v) is 15.3. The van der Waals surface area contributed by atoms with Crippen LogP contribution in [0, 0.1) is 0 Å². The Labute approximate surface area is 158 Å². The Balaban J connectivity index is 1.42. The Morgan fingerprint density at radius 3 is 2.59 bits per heavy atom. The van der Waals surface area contributed by atoms with E-state index >= 15 is 0 Å². The zero-order chi connectivity index (χ0) is 18.9. The monoisotopic (exact) mass is 365 g/mol. The maximum Gasteiger partial charge on any atom is 0.407 e. The number of tetrazole rings is 1. The van der Waals surface area contributed by atoms with Crippen LogP contribution in [-0.2, 0) is 24.3 Å². The molecule has 2 aromatic carbocycles. The number of aryl methyl sites for hydroxylation is 1. The first-order chi connectivity index (χ1) is 13.2. The van der Waals surface area contributed by atoms with Gasteiger partial charge in [0.05, 0.1) is 6.54 Å². The largest absolute Gasteiger partial charge is 0.445 e. The summed E-state index contributed by atoms with van der Waals surface area (Å²) in [6.45, 7) is 3.62. The summed E-state index contributed by atoms with van der Waals surface area (Å²) in [6, 6.07) is 17.6. The van der Waals surface area contributed by atoms with Gasteiger partial charge in [0.25, 0.3) is 0 Å². The SMILES string of the molecule is CCCn1nnc(-c2ccc(CCNC(=O)OCc3ccccc3)cc2)n1. The summed E-state index contributed by atoms with van der Waals surface area (Å²) < 4.78 is 5.19. The van der Waals surface area contributed by atoms with Gasteiger partial charge in [0, 0.05) is 12.1 Å². The molecule has 1 heterocycles. The first-order valence-corrected chi connectivity index (χ1v) is 9.06. The van der Waals surface area contributed by atoms with Crippen molar-refractivity contribution in [2.75, 3.05) is 6.54 Å². The van der Waals surface area contributed by atoms with Crippen LogP contribution in [0.2, 0.25) is 0 Å². The van der Waals surface area contributed by atoms with Gasteiger partial charge >= 0.3 is 6.09 Å². The van der Waals surface area contributed by atoms with E-state index < -0.39 is 6.09 Å². The van der Waals surface area contributed by atoms with E-state index in [-0.39, 0.29) is 6.61 Å². The molecule has 0 atom stereocenters. The normalized spacial score (nSPS) is 10.6. The lowest BCUT2D eigenvalue weighted by Gasteiger charge is -2.07. The number of aromatic nitrogens is 4. The molecule has 140 valence electrons. The van der Waals surface area contributed by atoms with Gasteiger partial charge in [-0.1, -0.05) is 61.5 Å². The third-order valence-corrected chi connectivity index (χ3v) is 3.98. The quantitative estimate of drug-likeness (QED) is 0.663. The molecule has 1 aromatic heterocycles. The number of hydrogen-bond donors (Lipinski definition) is 1. The molecule has 0 spiro atoms. The number of rotatable bonds is 8. The van der Waals surface area contributed by atoms with Gasteiger partial charge in [-0.25, -0.2) is 4.79 Å². The number of benzene rings is 2. The average Bonchev–Trinajstić information content (AvgIpc) is 3.17.